The van der Waals surface area contributed by atoms with Gasteiger partial charge in [-0.15, -0.1) is 0 Å². The monoisotopic (exact) mass is 288 g/mol. The summed E-state index contributed by atoms with van der Waals surface area (Å²) in [5, 5.41) is 11.0. The number of hydrogen-bond donors (Lipinski definition) is 1. The molecular weight excluding hydrogens is 262 g/mol. The minimum atomic E-state index is -2.59. The molecule has 2 saturated carbocycles. The van der Waals surface area contributed by atoms with Gasteiger partial charge < -0.3 is 5.11 Å². The van der Waals surface area contributed by atoms with Crippen LogP contribution in [0.3, 0.4) is 0 Å². The largest absolute Gasteiger partial charge is 0.389 e. The first-order valence-electron chi connectivity index (χ1n) is 7.44. The third kappa shape index (κ3) is 2.40. The number of ketones is 1. The van der Waals surface area contributed by atoms with E-state index in [1.54, 1.807) is 13.8 Å². The molecule has 0 aromatic rings. The molecule has 20 heavy (non-hydrogen) atoms. The quantitative estimate of drug-likeness (QED) is 0.839. The van der Waals surface area contributed by atoms with E-state index in [2.05, 4.69) is 0 Å². The van der Waals surface area contributed by atoms with Crippen LogP contribution in [0.25, 0.3) is 0 Å². The number of carbonyl (C=O) groups is 1. The number of fused-ring (bicyclic) bond motifs is 1. The van der Waals surface area contributed by atoms with E-state index in [0.29, 0.717) is 12.8 Å². The second-order valence-corrected chi connectivity index (χ2v) is 8.43. The fourth-order valence-electron chi connectivity index (χ4n) is 4.27. The van der Waals surface area contributed by atoms with E-state index in [1.165, 1.54) is 0 Å². The van der Waals surface area contributed by atoms with Crippen molar-refractivity contribution in [3.05, 3.63) is 0 Å². The summed E-state index contributed by atoms with van der Waals surface area (Å²) >= 11 is 0. The van der Waals surface area contributed by atoms with Gasteiger partial charge in [0.1, 0.15) is 5.78 Å². The molecule has 0 amide bonds. The van der Waals surface area contributed by atoms with Gasteiger partial charge in [0.25, 0.3) is 0 Å². The highest BCUT2D eigenvalue weighted by atomic mass is 19.3. The number of aliphatic hydroxyl groups is 1. The average Bonchev–Trinajstić information content (AvgIpc) is 2.65. The zero-order valence-corrected chi connectivity index (χ0v) is 13.1. The summed E-state index contributed by atoms with van der Waals surface area (Å²) < 4.78 is 26.8. The molecule has 1 unspecified atom stereocenters. The number of hydrogen-bond acceptors (Lipinski definition) is 2. The first kappa shape index (κ1) is 15.9. The van der Waals surface area contributed by atoms with Crippen molar-refractivity contribution in [2.45, 2.75) is 71.8 Å². The first-order chi connectivity index (χ1) is 8.79. The van der Waals surface area contributed by atoms with Crippen LogP contribution in [0.15, 0.2) is 0 Å². The fourth-order valence-corrected chi connectivity index (χ4v) is 4.27. The van der Waals surface area contributed by atoms with Crippen LogP contribution in [0.4, 0.5) is 8.78 Å². The molecule has 0 radical (unpaired) electrons. The maximum Gasteiger partial charge on any atom is 0.248 e. The van der Waals surface area contributed by atoms with Gasteiger partial charge in [0.15, 0.2) is 0 Å². The molecule has 0 aliphatic heterocycles. The molecule has 3 atom stereocenters. The smallest absolute Gasteiger partial charge is 0.248 e. The zero-order chi connectivity index (χ0) is 15.6. The van der Waals surface area contributed by atoms with E-state index in [9.17, 15) is 18.7 Å². The Balaban J connectivity index is 2.21. The number of halogens is 2. The number of Topliss-reactive ketones (excluding diaryl/α,β-unsaturated/α-hetero) is 1. The number of carbonyl (C=O) groups excluding carboxylic acids is 1. The fraction of sp³-hybridized carbons (Fsp3) is 0.938. The average molecular weight is 288 g/mol. The summed E-state index contributed by atoms with van der Waals surface area (Å²) in [6.45, 7) is 9.04. The van der Waals surface area contributed by atoms with Gasteiger partial charge in [0.05, 0.1) is 11.0 Å². The van der Waals surface area contributed by atoms with Crippen LogP contribution in [0, 0.1) is 22.7 Å². The summed E-state index contributed by atoms with van der Waals surface area (Å²) in [6.07, 6.45) is 0.365. The lowest BCUT2D eigenvalue weighted by Gasteiger charge is -2.43. The second kappa shape index (κ2) is 4.25. The van der Waals surface area contributed by atoms with E-state index in [0.717, 1.165) is 0 Å². The Hall–Kier alpha value is -0.510. The number of alkyl halides is 2. The van der Waals surface area contributed by atoms with E-state index in [1.807, 2.05) is 20.8 Å². The van der Waals surface area contributed by atoms with Crippen molar-refractivity contribution in [3.63, 3.8) is 0 Å². The van der Waals surface area contributed by atoms with Crippen molar-refractivity contribution in [2.75, 3.05) is 0 Å². The Labute approximate surface area is 119 Å². The van der Waals surface area contributed by atoms with Crippen molar-refractivity contribution < 1.29 is 18.7 Å². The molecule has 2 fully saturated rings. The molecule has 2 aliphatic rings. The summed E-state index contributed by atoms with van der Waals surface area (Å²) in [7, 11) is 0. The highest BCUT2D eigenvalue weighted by Gasteiger charge is 2.61. The molecule has 0 aromatic carbocycles. The Kier molecular flexibility index (Phi) is 3.37. The van der Waals surface area contributed by atoms with Crippen molar-refractivity contribution in [3.8, 4) is 0 Å². The van der Waals surface area contributed by atoms with Gasteiger partial charge in [-0.05, 0) is 24.7 Å². The summed E-state index contributed by atoms with van der Waals surface area (Å²) in [6, 6.07) is 0. The maximum absolute atomic E-state index is 13.4. The van der Waals surface area contributed by atoms with Crippen LogP contribution >= 0.6 is 0 Å². The van der Waals surface area contributed by atoms with E-state index >= 15 is 0 Å². The lowest BCUT2D eigenvalue weighted by Crippen LogP contribution is -2.52. The van der Waals surface area contributed by atoms with Crippen molar-refractivity contribution in [1.82, 2.24) is 0 Å². The van der Waals surface area contributed by atoms with Crippen LogP contribution in [0.1, 0.15) is 60.3 Å². The standard InChI is InChI=1S/C16H26F2O2/c1-13(2,3)12(19)14(4,5)15(20)6-10-8-16(17,18)9-11(10)7-15/h10-11,20H,6-9H2,1-5H3/t10-,11+,15?. The molecule has 116 valence electrons. The molecular formula is C16H26F2O2. The van der Waals surface area contributed by atoms with Gasteiger partial charge in [-0.3, -0.25) is 4.79 Å². The van der Waals surface area contributed by atoms with Crippen LogP contribution in [-0.2, 0) is 4.79 Å². The first-order valence-corrected chi connectivity index (χ1v) is 7.44. The van der Waals surface area contributed by atoms with Crippen LogP contribution < -0.4 is 0 Å². The highest BCUT2D eigenvalue weighted by Crippen LogP contribution is 2.59. The predicted molar refractivity (Wildman–Crippen MR) is 73.6 cm³/mol. The molecule has 2 aliphatic carbocycles. The topological polar surface area (TPSA) is 37.3 Å². The summed E-state index contributed by atoms with van der Waals surface area (Å²) in [5.41, 5.74) is -2.59. The minimum absolute atomic E-state index is 0.000710. The summed E-state index contributed by atoms with van der Waals surface area (Å²) in [5.74, 6) is -2.89. The molecule has 2 rings (SSSR count). The lowest BCUT2D eigenvalue weighted by molar-refractivity contribution is -0.153. The maximum atomic E-state index is 13.4. The lowest BCUT2D eigenvalue weighted by atomic mass is 9.64. The Bertz CT molecular complexity index is 405. The highest BCUT2D eigenvalue weighted by molar-refractivity contribution is 5.90. The van der Waals surface area contributed by atoms with Crippen molar-refractivity contribution in [2.24, 2.45) is 22.7 Å². The third-order valence-corrected chi connectivity index (χ3v) is 5.40. The zero-order valence-electron chi connectivity index (χ0n) is 13.1. The molecule has 0 aromatic heterocycles. The SMILES string of the molecule is CC(C)(C)C(=O)C(C)(C)C1(O)C[C@H]2CC(F)(F)C[C@H]2C1. The normalized spacial score (nSPS) is 37.0. The van der Waals surface area contributed by atoms with Crippen LogP contribution in [-0.4, -0.2) is 22.4 Å². The third-order valence-electron chi connectivity index (χ3n) is 5.40. The predicted octanol–water partition coefficient (Wildman–Crippen LogP) is 3.81. The van der Waals surface area contributed by atoms with Crippen molar-refractivity contribution in [1.29, 1.82) is 0 Å². The number of rotatable bonds is 2. The van der Waals surface area contributed by atoms with Gasteiger partial charge in [-0.2, -0.15) is 0 Å². The second-order valence-electron chi connectivity index (χ2n) is 8.43. The van der Waals surface area contributed by atoms with Gasteiger partial charge in [0, 0.05) is 18.3 Å². The van der Waals surface area contributed by atoms with E-state index in [-0.39, 0.29) is 30.5 Å². The molecule has 0 heterocycles. The van der Waals surface area contributed by atoms with E-state index in [4.69, 9.17) is 0 Å². The Morgan fingerprint density at radius 3 is 1.75 bits per heavy atom. The van der Waals surface area contributed by atoms with Gasteiger partial charge in [-0.1, -0.05) is 34.6 Å². The van der Waals surface area contributed by atoms with Gasteiger partial charge >= 0.3 is 0 Å². The van der Waals surface area contributed by atoms with E-state index < -0.39 is 22.4 Å². The van der Waals surface area contributed by atoms with Crippen LogP contribution in [0.2, 0.25) is 0 Å². The molecule has 0 spiro atoms. The molecule has 0 bridgehead atoms. The minimum Gasteiger partial charge on any atom is -0.389 e. The van der Waals surface area contributed by atoms with Crippen molar-refractivity contribution >= 4 is 5.78 Å². The van der Waals surface area contributed by atoms with Crippen LogP contribution in [0.5, 0.6) is 0 Å². The Morgan fingerprint density at radius 2 is 1.40 bits per heavy atom. The van der Waals surface area contributed by atoms with Gasteiger partial charge in [0.2, 0.25) is 5.92 Å². The molecule has 4 heteroatoms. The molecule has 1 N–H and O–H groups in total. The summed E-state index contributed by atoms with van der Waals surface area (Å²) in [4.78, 5) is 12.6. The molecule has 0 saturated heterocycles. The Morgan fingerprint density at radius 1 is 1.00 bits per heavy atom. The van der Waals surface area contributed by atoms with Gasteiger partial charge in [-0.25, -0.2) is 8.78 Å². The molecule has 2 nitrogen and oxygen atoms in total.